The molecule has 108 valence electrons. The molecule has 0 aliphatic heterocycles. The predicted octanol–water partition coefficient (Wildman–Crippen LogP) is 5.12. The molecular weight excluding hydrogens is 345 g/mol. The van der Waals surface area contributed by atoms with Crippen molar-refractivity contribution in [3.63, 3.8) is 0 Å². The molecule has 21 heavy (non-hydrogen) atoms. The van der Waals surface area contributed by atoms with Crippen molar-refractivity contribution >= 4 is 27.0 Å². The van der Waals surface area contributed by atoms with E-state index in [0.29, 0.717) is 21.3 Å². The lowest BCUT2D eigenvalue weighted by atomic mass is 10.1. The smallest absolute Gasteiger partial charge is 0.296 e. The van der Waals surface area contributed by atoms with Crippen LogP contribution in [-0.2, 0) is 6.18 Å². The molecule has 3 aromatic rings. The summed E-state index contributed by atoms with van der Waals surface area (Å²) in [5.74, 6) is 0.518. The number of aryl methyl sites for hydroxylation is 1. The Hall–Kier alpha value is -1.82. The van der Waals surface area contributed by atoms with Crippen LogP contribution in [-0.4, -0.2) is 9.55 Å². The second-order valence-electron chi connectivity index (χ2n) is 4.64. The van der Waals surface area contributed by atoms with E-state index in [1.165, 1.54) is 10.6 Å². The van der Waals surface area contributed by atoms with E-state index in [1.54, 1.807) is 31.2 Å². The highest BCUT2D eigenvalue weighted by Crippen LogP contribution is 2.37. The number of nitrogens with zero attached hydrogens (tertiary/aromatic N) is 2. The van der Waals surface area contributed by atoms with Crippen molar-refractivity contribution in [3.05, 3.63) is 58.3 Å². The number of rotatable bonds is 1. The van der Waals surface area contributed by atoms with Gasteiger partial charge in [0.15, 0.2) is 0 Å². The van der Waals surface area contributed by atoms with Crippen LogP contribution < -0.4 is 0 Å². The molecule has 0 spiro atoms. The number of fused-ring (bicyclic) bond motifs is 1. The maximum atomic E-state index is 13.3. The summed E-state index contributed by atoms with van der Waals surface area (Å²) < 4.78 is 41.8. The zero-order valence-electron chi connectivity index (χ0n) is 10.9. The fourth-order valence-electron chi connectivity index (χ4n) is 2.38. The normalized spacial score (nSPS) is 12.0. The standard InChI is InChI=1S/C15H10BrF3N2/c1-9-20-12-4-2-3-5-14(12)21(9)13-7-6-10(16)8-11(13)15(17,18)19/h2-8H,1H3. The monoisotopic (exact) mass is 354 g/mol. The molecule has 0 fully saturated rings. The maximum absolute atomic E-state index is 13.3. The lowest BCUT2D eigenvalue weighted by Crippen LogP contribution is -2.11. The topological polar surface area (TPSA) is 17.8 Å². The molecule has 1 aromatic heterocycles. The molecule has 0 N–H and O–H groups in total. The fraction of sp³-hybridized carbons (Fsp3) is 0.133. The lowest BCUT2D eigenvalue weighted by molar-refractivity contribution is -0.137. The first-order chi connectivity index (χ1) is 9.88. The highest BCUT2D eigenvalue weighted by atomic mass is 79.9. The fourth-order valence-corrected chi connectivity index (χ4v) is 2.74. The van der Waals surface area contributed by atoms with Crippen molar-refractivity contribution in [1.29, 1.82) is 0 Å². The van der Waals surface area contributed by atoms with Gasteiger partial charge in [-0.1, -0.05) is 28.1 Å². The molecule has 6 heteroatoms. The van der Waals surface area contributed by atoms with Crippen LogP contribution in [0.2, 0.25) is 0 Å². The molecule has 1 heterocycles. The summed E-state index contributed by atoms with van der Waals surface area (Å²) in [7, 11) is 0. The molecule has 0 amide bonds. The molecular formula is C15H10BrF3N2. The Labute approximate surface area is 127 Å². The van der Waals surface area contributed by atoms with Gasteiger partial charge in [0.25, 0.3) is 0 Å². The largest absolute Gasteiger partial charge is 0.418 e. The predicted molar refractivity (Wildman–Crippen MR) is 78.5 cm³/mol. The summed E-state index contributed by atoms with van der Waals surface area (Å²) in [5, 5.41) is 0. The second kappa shape index (κ2) is 4.87. The van der Waals surface area contributed by atoms with Gasteiger partial charge in [0, 0.05) is 4.47 Å². The minimum absolute atomic E-state index is 0.0805. The Bertz CT molecular complexity index is 821. The molecule has 2 aromatic carbocycles. The number of para-hydroxylation sites is 2. The third kappa shape index (κ3) is 2.44. The summed E-state index contributed by atoms with van der Waals surface area (Å²) >= 11 is 3.10. The molecule has 0 saturated heterocycles. The van der Waals surface area contributed by atoms with E-state index in [2.05, 4.69) is 20.9 Å². The SMILES string of the molecule is Cc1nc2ccccc2n1-c1ccc(Br)cc1C(F)(F)F. The van der Waals surface area contributed by atoms with Gasteiger partial charge in [-0.05, 0) is 37.3 Å². The van der Waals surface area contributed by atoms with Crippen LogP contribution in [0.15, 0.2) is 46.9 Å². The molecule has 3 rings (SSSR count). The lowest BCUT2D eigenvalue weighted by Gasteiger charge is -2.15. The highest BCUT2D eigenvalue weighted by Gasteiger charge is 2.34. The van der Waals surface area contributed by atoms with Crippen LogP contribution in [0, 0.1) is 6.92 Å². The van der Waals surface area contributed by atoms with Crippen LogP contribution >= 0.6 is 15.9 Å². The first-order valence-electron chi connectivity index (χ1n) is 6.19. The van der Waals surface area contributed by atoms with Crippen LogP contribution in [0.25, 0.3) is 16.7 Å². The Morgan fingerprint density at radius 3 is 2.52 bits per heavy atom. The van der Waals surface area contributed by atoms with Crippen molar-refractivity contribution in [2.45, 2.75) is 13.1 Å². The Balaban J connectivity index is 2.36. The number of hydrogen-bond donors (Lipinski definition) is 0. The number of hydrogen-bond acceptors (Lipinski definition) is 1. The number of alkyl halides is 3. The van der Waals surface area contributed by atoms with Crippen LogP contribution in [0.3, 0.4) is 0 Å². The summed E-state index contributed by atoms with van der Waals surface area (Å²) in [5.41, 5.74) is 0.717. The Morgan fingerprint density at radius 1 is 1.10 bits per heavy atom. The van der Waals surface area contributed by atoms with Crippen LogP contribution in [0.5, 0.6) is 0 Å². The maximum Gasteiger partial charge on any atom is 0.418 e. The van der Waals surface area contributed by atoms with Gasteiger partial charge in [0.2, 0.25) is 0 Å². The van der Waals surface area contributed by atoms with E-state index in [0.717, 1.165) is 6.07 Å². The first kappa shape index (κ1) is 14.1. The average Bonchev–Trinajstić information content (AvgIpc) is 2.74. The summed E-state index contributed by atoms with van der Waals surface area (Å²) in [6, 6.07) is 11.3. The van der Waals surface area contributed by atoms with E-state index in [1.807, 2.05) is 6.07 Å². The summed E-state index contributed by atoms with van der Waals surface area (Å²) in [6.45, 7) is 1.70. The van der Waals surface area contributed by atoms with Gasteiger partial charge >= 0.3 is 6.18 Å². The first-order valence-corrected chi connectivity index (χ1v) is 6.98. The summed E-state index contributed by atoms with van der Waals surface area (Å²) in [6.07, 6.45) is -4.43. The molecule has 0 radical (unpaired) electrons. The van der Waals surface area contributed by atoms with Crippen molar-refractivity contribution in [1.82, 2.24) is 9.55 Å². The quantitative estimate of drug-likeness (QED) is 0.593. The number of halogens is 4. The Morgan fingerprint density at radius 2 is 1.81 bits per heavy atom. The molecule has 0 bridgehead atoms. The summed E-state index contributed by atoms with van der Waals surface area (Å²) in [4.78, 5) is 4.32. The number of imidazole rings is 1. The van der Waals surface area contributed by atoms with E-state index < -0.39 is 11.7 Å². The molecule has 0 aliphatic carbocycles. The van der Waals surface area contributed by atoms with Gasteiger partial charge < -0.3 is 0 Å². The average molecular weight is 355 g/mol. The number of benzene rings is 2. The van der Waals surface area contributed by atoms with Gasteiger partial charge in [-0.3, -0.25) is 4.57 Å². The van der Waals surface area contributed by atoms with Crippen LogP contribution in [0.1, 0.15) is 11.4 Å². The van der Waals surface area contributed by atoms with Gasteiger partial charge in [-0.15, -0.1) is 0 Å². The minimum Gasteiger partial charge on any atom is -0.296 e. The Kier molecular flexibility index (Phi) is 3.28. The third-order valence-electron chi connectivity index (χ3n) is 3.23. The minimum atomic E-state index is -4.43. The molecule has 0 aliphatic rings. The van der Waals surface area contributed by atoms with Crippen molar-refractivity contribution in [3.8, 4) is 5.69 Å². The zero-order valence-corrected chi connectivity index (χ0v) is 12.5. The van der Waals surface area contributed by atoms with Crippen molar-refractivity contribution < 1.29 is 13.2 Å². The highest BCUT2D eigenvalue weighted by molar-refractivity contribution is 9.10. The molecule has 0 unspecified atom stereocenters. The molecule has 0 saturated carbocycles. The van der Waals surface area contributed by atoms with Crippen molar-refractivity contribution in [2.24, 2.45) is 0 Å². The van der Waals surface area contributed by atoms with Gasteiger partial charge in [0.05, 0.1) is 22.3 Å². The van der Waals surface area contributed by atoms with Gasteiger partial charge in [-0.2, -0.15) is 13.2 Å². The molecule has 0 atom stereocenters. The van der Waals surface area contributed by atoms with Gasteiger partial charge in [-0.25, -0.2) is 4.98 Å². The number of aromatic nitrogens is 2. The van der Waals surface area contributed by atoms with Gasteiger partial charge in [0.1, 0.15) is 5.82 Å². The van der Waals surface area contributed by atoms with E-state index in [4.69, 9.17) is 0 Å². The van der Waals surface area contributed by atoms with E-state index in [9.17, 15) is 13.2 Å². The van der Waals surface area contributed by atoms with E-state index >= 15 is 0 Å². The second-order valence-corrected chi connectivity index (χ2v) is 5.56. The van der Waals surface area contributed by atoms with E-state index in [-0.39, 0.29) is 5.69 Å². The third-order valence-corrected chi connectivity index (χ3v) is 3.73. The zero-order chi connectivity index (χ0) is 15.2. The molecule has 2 nitrogen and oxygen atoms in total. The van der Waals surface area contributed by atoms with Crippen LogP contribution in [0.4, 0.5) is 13.2 Å². The van der Waals surface area contributed by atoms with Crippen molar-refractivity contribution in [2.75, 3.05) is 0 Å².